The van der Waals surface area contributed by atoms with Crippen molar-refractivity contribution in [2.24, 2.45) is 5.73 Å². The van der Waals surface area contributed by atoms with Gasteiger partial charge in [0.2, 0.25) is 0 Å². The number of nitrogens with two attached hydrogens (primary N) is 1. The maximum absolute atomic E-state index is 9.63. The second kappa shape index (κ2) is 9.50. The van der Waals surface area contributed by atoms with Crippen molar-refractivity contribution in [3.63, 3.8) is 0 Å². The summed E-state index contributed by atoms with van der Waals surface area (Å²) < 4.78 is 0. The molecule has 0 spiro atoms. The van der Waals surface area contributed by atoms with Crippen LogP contribution in [0, 0.1) is 11.3 Å². The summed E-state index contributed by atoms with van der Waals surface area (Å²) >= 11 is 6.26. The van der Waals surface area contributed by atoms with Gasteiger partial charge in [0, 0.05) is 5.02 Å². The highest BCUT2D eigenvalue weighted by Crippen LogP contribution is 2.38. The molecule has 118 valence electrons. The third kappa shape index (κ3) is 4.74. The number of nitrogens with zero attached hydrogens (tertiary/aromatic N) is 2. The summed E-state index contributed by atoms with van der Waals surface area (Å²) in [7, 11) is 0. The van der Waals surface area contributed by atoms with E-state index in [2.05, 4.69) is 11.0 Å². The van der Waals surface area contributed by atoms with E-state index in [1.807, 2.05) is 24.3 Å². The Morgan fingerprint density at radius 1 is 1.24 bits per heavy atom. The number of hydrogen-bond acceptors (Lipinski definition) is 3. The number of rotatable bonds is 4. The van der Waals surface area contributed by atoms with Gasteiger partial charge in [0.25, 0.3) is 0 Å². The van der Waals surface area contributed by atoms with Crippen LogP contribution in [-0.4, -0.2) is 31.1 Å². The molecular weight excluding hydrogens is 329 g/mol. The van der Waals surface area contributed by atoms with Gasteiger partial charge in [-0.3, -0.25) is 0 Å². The molecule has 2 N–H and O–H groups in total. The van der Waals surface area contributed by atoms with E-state index in [1.54, 1.807) is 0 Å². The summed E-state index contributed by atoms with van der Waals surface area (Å²) in [5.74, 6) is 0. The fraction of sp³-hybridized carbons (Fsp3) is 0.533. The van der Waals surface area contributed by atoms with E-state index in [4.69, 9.17) is 17.3 Å². The summed E-state index contributed by atoms with van der Waals surface area (Å²) in [4.78, 5) is 2.39. The predicted molar refractivity (Wildman–Crippen MR) is 92.6 cm³/mol. The molecule has 0 aromatic heterocycles. The lowest BCUT2D eigenvalue weighted by molar-refractivity contribution is 0.185. The highest BCUT2D eigenvalue weighted by Gasteiger charge is 2.37. The second-order valence-corrected chi connectivity index (χ2v) is 5.56. The molecule has 1 heterocycles. The molecule has 0 radical (unpaired) electrons. The monoisotopic (exact) mass is 349 g/mol. The van der Waals surface area contributed by atoms with E-state index in [0.29, 0.717) is 5.02 Å². The molecule has 1 aromatic rings. The number of halogens is 3. The quantitative estimate of drug-likeness (QED) is 0.905. The Morgan fingerprint density at radius 3 is 2.38 bits per heavy atom. The van der Waals surface area contributed by atoms with Gasteiger partial charge in [0.1, 0.15) is 0 Å². The zero-order valence-electron chi connectivity index (χ0n) is 11.9. The summed E-state index contributed by atoms with van der Waals surface area (Å²) in [6.45, 7) is 3.64. The van der Waals surface area contributed by atoms with Gasteiger partial charge in [-0.15, -0.1) is 24.8 Å². The van der Waals surface area contributed by atoms with Crippen LogP contribution in [-0.2, 0) is 5.41 Å². The molecule has 0 bridgehead atoms. The number of piperidine rings is 1. The summed E-state index contributed by atoms with van der Waals surface area (Å²) in [6, 6.07) is 10.2. The smallest absolute Gasteiger partial charge is 0.0861 e. The molecule has 0 aliphatic carbocycles. The van der Waals surface area contributed by atoms with Crippen LogP contribution in [0.25, 0.3) is 0 Å². The van der Waals surface area contributed by atoms with E-state index < -0.39 is 5.41 Å². The minimum absolute atomic E-state index is 0. The Kier molecular flexibility index (Phi) is 9.28. The largest absolute Gasteiger partial charge is 0.330 e. The van der Waals surface area contributed by atoms with Gasteiger partial charge in [-0.05, 0) is 57.1 Å². The van der Waals surface area contributed by atoms with Crippen LogP contribution in [0.15, 0.2) is 24.3 Å². The summed E-state index contributed by atoms with van der Waals surface area (Å²) in [5.41, 5.74) is 6.10. The van der Waals surface area contributed by atoms with Crippen LogP contribution in [0.4, 0.5) is 0 Å². The van der Waals surface area contributed by atoms with Crippen LogP contribution in [0.5, 0.6) is 0 Å². The first-order valence-corrected chi connectivity index (χ1v) is 7.18. The van der Waals surface area contributed by atoms with E-state index in [0.717, 1.165) is 51.0 Å². The van der Waals surface area contributed by atoms with Crippen molar-refractivity contribution in [1.82, 2.24) is 4.90 Å². The third-order valence-electron chi connectivity index (χ3n) is 3.99. The van der Waals surface area contributed by atoms with Crippen LogP contribution in [0.1, 0.15) is 24.8 Å². The normalized spacial score (nSPS) is 17.2. The lowest BCUT2D eigenvalue weighted by Gasteiger charge is -2.38. The first-order chi connectivity index (χ1) is 9.22. The Morgan fingerprint density at radius 2 is 1.86 bits per heavy atom. The lowest BCUT2D eigenvalue weighted by Crippen LogP contribution is -2.42. The molecule has 1 fully saturated rings. The van der Waals surface area contributed by atoms with E-state index in [9.17, 15) is 5.26 Å². The number of nitriles is 1. The second-order valence-electron chi connectivity index (χ2n) is 5.16. The van der Waals surface area contributed by atoms with Crippen molar-refractivity contribution in [3.05, 3.63) is 34.9 Å². The Hall–Kier alpha value is -0.500. The van der Waals surface area contributed by atoms with Crippen LogP contribution in [0.3, 0.4) is 0 Å². The van der Waals surface area contributed by atoms with Crippen molar-refractivity contribution in [3.8, 4) is 6.07 Å². The molecule has 3 nitrogen and oxygen atoms in total. The molecular formula is C15H22Cl3N3. The van der Waals surface area contributed by atoms with Crippen LogP contribution in [0.2, 0.25) is 5.02 Å². The molecule has 6 heteroatoms. The Balaban J connectivity index is 0.00000200. The molecule has 2 rings (SSSR count). The SMILES string of the molecule is Cl.Cl.N#CC1(c2ccccc2Cl)CCN(CCCN)CC1. The number of hydrogen-bond donors (Lipinski definition) is 1. The zero-order valence-corrected chi connectivity index (χ0v) is 14.3. The number of benzene rings is 1. The van der Waals surface area contributed by atoms with Crippen LogP contribution >= 0.6 is 36.4 Å². The van der Waals surface area contributed by atoms with E-state index >= 15 is 0 Å². The van der Waals surface area contributed by atoms with E-state index in [1.165, 1.54) is 0 Å². The Bertz CT molecular complexity index is 465. The fourth-order valence-electron chi connectivity index (χ4n) is 2.76. The van der Waals surface area contributed by atoms with Gasteiger partial charge in [-0.2, -0.15) is 5.26 Å². The van der Waals surface area contributed by atoms with Crippen molar-refractivity contribution >= 4 is 36.4 Å². The van der Waals surface area contributed by atoms with Crippen molar-refractivity contribution < 1.29 is 0 Å². The maximum Gasteiger partial charge on any atom is 0.0861 e. The molecule has 1 saturated heterocycles. The van der Waals surface area contributed by atoms with Gasteiger partial charge in [-0.1, -0.05) is 29.8 Å². The van der Waals surface area contributed by atoms with Crippen molar-refractivity contribution in [2.45, 2.75) is 24.7 Å². The summed E-state index contributed by atoms with van der Waals surface area (Å²) in [5, 5.41) is 10.3. The maximum atomic E-state index is 9.63. The average molecular weight is 351 g/mol. The standard InChI is InChI=1S/C15H20ClN3.2ClH/c16-14-5-2-1-4-13(14)15(12-18)6-10-19(11-7-15)9-3-8-17;;/h1-2,4-5H,3,6-11,17H2;2*1H. The molecule has 0 unspecified atom stereocenters. The third-order valence-corrected chi connectivity index (χ3v) is 4.32. The van der Waals surface area contributed by atoms with Gasteiger partial charge < -0.3 is 10.6 Å². The van der Waals surface area contributed by atoms with Crippen molar-refractivity contribution in [2.75, 3.05) is 26.2 Å². The molecule has 1 aliphatic rings. The topological polar surface area (TPSA) is 53.0 Å². The minimum Gasteiger partial charge on any atom is -0.330 e. The Labute approximate surface area is 144 Å². The van der Waals surface area contributed by atoms with E-state index in [-0.39, 0.29) is 24.8 Å². The molecule has 1 aliphatic heterocycles. The minimum atomic E-state index is -0.419. The molecule has 0 amide bonds. The van der Waals surface area contributed by atoms with Crippen LogP contribution < -0.4 is 5.73 Å². The highest BCUT2D eigenvalue weighted by atomic mass is 35.5. The number of likely N-dealkylation sites (tertiary alicyclic amines) is 1. The molecule has 1 aromatic carbocycles. The van der Waals surface area contributed by atoms with Gasteiger partial charge in [0.05, 0.1) is 11.5 Å². The highest BCUT2D eigenvalue weighted by molar-refractivity contribution is 6.31. The zero-order chi connectivity index (χ0) is 13.7. The summed E-state index contributed by atoms with van der Waals surface area (Å²) in [6.07, 6.45) is 2.71. The van der Waals surface area contributed by atoms with Crippen molar-refractivity contribution in [1.29, 1.82) is 5.26 Å². The van der Waals surface area contributed by atoms with Gasteiger partial charge >= 0.3 is 0 Å². The first-order valence-electron chi connectivity index (χ1n) is 6.80. The molecule has 21 heavy (non-hydrogen) atoms. The molecule has 0 atom stereocenters. The van der Waals surface area contributed by atoms with Gasteiger partial charge in [-0.25, -0.2) is 0 Å². The molecule has 0 saturated carbocycles. The predicted octanol–water partition coefficient (Wildman–Crippen LogP) is 3.39. The fourth-order valence-corrected chi connectivity index (χ4v) is 3.08. The first kappa shape index (κ1) is 20.5. The average Bonchev–Trinajstić information content (AvgIpc) is 2.46. The van der Waals surface area contributed by atoms with Gasteiger partial charge in [0.15, 0.2) is 0 Å². The lowest BCUT2D eigenvalue weighted by atomic mass is 9.74.